The largest absolute Gasteiger partial charge is 0.385 e. The fourth-order valence-electron chi connectivity index (χ4n) is 1.48. The zero-order valence-electron chi connectivity index (χ0n) is 9.16. The van der Waals surface area contributed by atoms with Crippen molar-refractivity contribution < 1.29 is 4.74 Å². The highest BCUT2D eigenvalue weighted by atomic mass is 16.5. The minimum atomic E-state index is 0.0823. The average Bonchev–Trinajstić information content (AvgIpc) is 2.48. The van der Waals surface area contributed by atoms with Gasteiger partial charge in [0.25, 0.3) is 0 Å². The minimum absolute atomic E-state index is 0.0823. The molecule has 1 aromatic heterocycles. The molecule has 1 unspecified atom stereocenters. The van der Waals surface area contributed by atoms with E-state index in [4.69, 9.17) is 10.5 Å². The van der Waals surface area contributed by atoms with Crippen molar-refractivity contribution in [2.45, 2.75) is 25.8 Å². The fourth-order valence-corrected chi connectivity index (χ4v) is 1.48. The molecule has 1 heterocycles. The van der Waals surface area contributed by atoms with Gasteiger partial charge in [-0.1, -0.05) is 0 Å². The van der Waals surface area contributed by atoms with Crippen molar-refractivity contribution in [2.24, 2.45) is 12.8 Å². The third kappa shape index (κ3) is 2.56. The van der Waals surface area contributed by atoms with Gasteiger partial charge in [0, 0.05) is 38.1 Å². The SMILES string of the molecule is COCCCC(N)c1cnn(C)c1C. The Balaban J connectivity index is 2.52. The van der Waals surface area contributed by atoms with E-state index in [2.05, 4.69) is 5.10 Å². The molecular weight excluding hydrogens is 178 g/mol. The molecule has 0 aliphatic carbocycles. The van der Waals surface area contributed by atoms with E-state index >= 15 is 0 Å². The normalized spacial score (nSPS) is 13.1. The van der Waals surface area contributed by atoms with Gasteiger partial charge >= 0.3 is 0 Å². The standard InChI is InChI=1S/C10H19N3O/c1-8-9(7-12-13(8)2)10(11)5-4-6-14-3/h7,10H,4-6,11H2,1-3H3. The first-order valence-corrected chi connectivity index (χ1v) is 4.89. The van der Waals surface area contributed by atoms with Crippen LogP contribution in [0.1, 0.15) is 30.1 Å². The number of aromatic nitrogens is 2. The Morgan fingerprint density at radius 3 is 2.86 bits per heavy atom. The molecule has 0 saturated heterocycles. The summed E-state index contributed by atoms with van der Waals surface area (Å²) in [6.07, 6.45) is 3.79. The maximum Gasteiger partial charge on any atom is 0.0540 e. The van der Waals surface area contributed by atoms with E-state index in [1.807, 2.05) is 24.9 Å². The smallest absolute Gasteiger partial charge is 0.0540 e. The molecule has 0 amide bonds. The van der Waals surface area contributed by atoms with E-state index in [0.717, 1.165) is 30.7 Å². The zero-order valence-corrected chi connectivity index (χ0v) is 9.16. The lowest BCUT2D eigenvalue weighted by Gasteiger charge is -2.10. The van der Waals surface area contributed by atoms with E-state index in [0.29, 0.717) is 0 Å². The maximum absolute atomic E-state index is 6.04. The first-order chi connectivity index (χ1) is 6.66. The molecule has 14 heavy (non-hydrogen) atoms. The van der Waals surface area contributed by atoms with Crippen LogP contribution in [0.2, 0.25) is 0 Å². The van der Waals surface area contributed by atoms with Gasteiger partial charge in [-0.3, -0.25) is 4.68 Å². The Hall–Kier alpha value is -0.870. The lowest BCUT2D eigenvalue weighted by Crippen LogP contribution is -2.12. The van der Waals surface area contributed by atoms with Crippen molar-refractivity contribution in [2.75, 3.05) is 13.7 Å². The topological polar surface area (TPSA) is 53.1 Å². The van der Waals surface area contributed by atoms with Crippen LogP contribution >= 0.6 is 0 Å². The summed E-state index contributed by atoms with van der Waals surface area (Å²) < 4.78 is 6.84. The van der Waals surface area contributed by atoms with Crippen LogP contribution in [-0.4, -0.2) is 23.5 Å². The van der Waals surface area contributed by atoms with Gasteiger partial charge in [-0.05, 0) is 19.8 Å². The van der Waals surface area contributed by atoms with Crippen LogP contribution in [-0.2, 0) is 11.8 Å². The molecule has 0 spiro atoms. The second-order valence-corrected chi connectivity index (χ2v) is 3.55. The summed E-state index contributed by atoms with van der Waals surface area (Å²) >= 11 is 0. The third-order valence-corrected chi connectivity index (χ3v) is 2.54. The van der Waals surface area contributed by atoms with Crippen molar-refractivity contribution >= 4 is 0 Å². The van der Waals surface area contributed by atoms with E-state index < -0.39 is 0 Å². The molecule has 2 N–H and O–H groups in total. The van der Waals surface area contributed by atoms with Crippen molar-refractivity contribution in [3.8, 4) is 0 Å². The van der Waals surface area contributed by atoms with E-state index in [1.165, 1.54) is 0 Å². The molecule has 0 aliphatic heterocycles. The Morgan fingerprint density at radius 1 is 1.64 bits per heavy atom. The summed E-state index contributed by atoms with van der Waals surface area (Å²) in [5.74, 6) is 0. The van der Waals surface area contributed by atoms with Gasteiger partial charge in [-0.25, -0.2) is 0 Å². The third-order valence-electron chi connectivity index (χ3n) is 2.54. The second kappa shape index (κ2) is 5.12. The molecule has 4 nitrogen and oxygen atoms in total. The highest BCUT2D eigenvalue weighted by molar-refractivity contribution is 5.19. The highest BCUT2D eigenvalue weighted by Crippen LogP contribution is 2.18. The molecule has 0 aromatic carbocycles. The summed E-state index contributed by atoms with van der Waals surface area (Å²) in [6, 6.07) is 0.0823. The summed E-state index contributed by atoms with van der Waals surface area (Å²) in [4.78, 5) is 0. The van der Waals surface area contributed by atoms with Gasteiger partial charge in [0.1, 0.15) is 0 Å². The second-order valence-electron chi connectivity index (χ2n) is 3.55. The zero-order chi connectivity index (χ0) is 10.6. The van der Waals surface area contributed by atoms with Gasteiger partial charge in [-0.15, -0.1) is 0 Å². The number of aryl methyl sites for hydroxylation is 1. The van der Waals surface area contributed by atoms with Crippen LogP contribution in [0.5, 0.6) is 0 Å². The first-order valence-electron chi connectivity index (χ1n) is 4.89. The lowest BCUT2D eigenvalue weighted by molar-refractivity contribution is 0.190. The van der Waals surface area contributed by atoms with Crippen LogP contribution in [0.15, 0.2) is 6.20 Å². The van der Waals surface area contributed by atoms with Crippen LogP contribution in [0, 0.1) is 6.92 Å². The summed E-state index contributed by atoms with van der Waals surface area (Å²) in [6.45, 7) is 2.81. The van der Waals surface area contributed by atoms with Gasteiger partial charge in [0.05, 0.1) is 6.20 Å². The highest BCUT2D eigenvalue weighted by Gasteiger charge is 2.11. The molecule has 4 heteroatoms. The van der Waals surface area contributed by atoms with Gasteiger partial charge in [0.15, 0.2) is 0 Å². The van der Waals surface area contributed by atoms with Crippen LogP contribution < -0.4 is 5.73 Å². The molecule has 1 atom stereocenters. The van der Waals surface area contributed by atoms with Gasteiger partial charge < -0.3 is 10.5 Å². The Bertz CT molecular complexity index is 283. The molecular formula is C10H19N3O. The van der Waals surface area contributed by atoms with Crippen LogP contribution in [0.4, 0.5) is 0 Å². The fraction of sp³-hybridized carbons (Fsp3) is 0.700. The van der Waals surface area contributed by atoms with Crippen molar-refractivity contribution in [3.63, 3.8) is 0 Å². The molecule has 80 valence electrons. The molecule has 0 radical (unpaired) electrons. The number of methoxy groups -OCH3 is 1. The first kappa shape index (κ1) is 11.2. The predicted octanol–water partition coefficient (Wildman–Crippen LogP) is 1.15. The predicted molar refractivity (Wildman–Crippen MR) is 56.0 cm³/mol. The summed E-state index contributed by atoms with van der Waals surface area (Å²) in [5, 5.41) is 4.17. The van der Waals surface area contributed by atoms with E-state index in [1.54, 1.807) is 7.11 Å². The number of ether oxygens (including phenoxy) is 1. The quantitative estimate of drug-likeness (QED) is 0.720. The Kier molecular flexibility index (Phi) is 4.10. The summed E-state index contributed by atoms with van der Waals surface area (Å²) in [5.41, 5.74) is 8.33. The van der Waals surface area contributed by atoms with Crippen molar-refractivity contribution in [1.29, 1.82) is 0 Å². The maximum atomic E-state index is 6.04. The number of rotatable bonds is 5. The number of nitrogens with two attached hydrogens (primary N) is 1. The Morgan fingerprint density at radius 2 is 2.36 bits per heavy atom. The Labute approximate surface area is 85.0 Å². The van der Waals surface area contributed by atoms with Crippen molar-refractivity contribution in [1.82, 2.24) is 9.78 Å². The van der Waals surface area contributed by atoms with E-state index in [9.17, 15) is 0 Å². The molecule has 0 saturated carbocycles. The monoisotopic (exact) mass is 197 g/mol. The molecule has 0 bridgehead atoms. The van der Waals surface area contributed by atoms with Gasteiger partial charge in [-0.2, -0.15) is 5.10 Å². The average molecular weight is 197 g/mol. The number of nitrogens with zero attached hydrogens (tertiary/aromatic N) is 2. The molecule has 0 fully saturated rings. The van der Waals surface area contributed by atoms with Gasteiger partial charge in [0.2, 0.25) is 0 Å². The lowest BCUT2D eigenvalue weighted by atomic mass is 10.0. The molecule has 0 aliphatic rings. The van der Waals surface area contributed by atoms with E-state index in [-0.39, 0.29) is 6.04 Å². The summed E-state index contributed by atoms with van der Waals surface area (Å²) in [7, 11) is 3.64. The number of hydrogen-bond donors (Lipinski definition) is 1. The number of hydrogen-bond acceptors (Lipinski definition) is 3. The van der Waals surface area contributed by atoms with Crippen LogP contribution in [0.25, 0.3) is 0 Å². The van der Waals surface area contributed by atoms with Crippen molar-refractivity contribution in [3.05, 3.63) is 17.5 Å². The minimum Gasteiger partial charge on any atom is -0.385 e. The van der Waals surface area contributed by atoms with Crippen LogP contribution in [0.3, 0.4) is 0 Å². The molecule has 1 rings (SSSR count). The molecule has 1 aromatic rings.